The van der Waals surface area contributed by atoms with E-state index >= 15 is 0 Å². The molecule has 8 atom stereocenters. The predicted octanol–water partition coefficient (Wildman–Crippen LogP) is 5.92. The minimum absolute atomic E-state index is 0.141. The summed E-state index contributed by atoms with van der Waals surface area (Å²) in [5, 5.41) is 5.58. The van der Waals surface area contributed by atoms with Crippen LogP contribution in [0.3, 0.4) is 0 Å². The van der Waals surface area contributed by atoms with Gasteiger partial charge in [-0.3, -0.25) is 14.5 Å². The van der Waals surface area contributed by atoms with Crippen LogP contribution in [-0.4, -0.2) is 34.3 Å². The molecule has 0 aliphatic heterocycles. The molecule has 6 rings (SSSR count). The van der Waals surface area contributed by atoms with E-state index in [0.29, 0.717) is 23.7 Å². The fourth-order valence-electron chi connectivity index (χ4n) is 9.64. The number of Topliss-reactive ketones (excluding diaryl/α,β-unsaturated/α-hetero) is 1. The maximum atomic E-state index is 13.7. The molecular weight excluding hydrogens is 422 g/mol. The Balaban J connectivity index is 1.24. The Hall–Kier alpha value is -1.75. The summed E-state index contributed by atoms with van der Waals surface area (Å²) in [4.78, 5) is 18.0. The highest BCUT2D eigenvalue weighted by molar-refractivity contribution is 5.84. The zero-order valence-electron chi connectivity index (χ0n) is 21.2. The predicted molar refractivity (Wildman–Crippen MR) is 133 cm³/mol. The quantitative estimate of drug-likeness (QED) is 0.552. The highest BCUT2D eigenvalue weighted by Gasteiger charge is 2.62. The van der Waals surface area contributed by atoms with Crippen molar-refractivity contribution >= 4 is 16.7 Å². The van der Waals surface area contributed by atoms with Crippen LogP contribution in [0.15, 0.2) is 24.7 Å². The molecule has 4 saturated carbocycles. The number of carbonyl (C=O) groups excluding carboxylic acids is 1. The van der Waals surface area contributed by atoms with E-state index in [9.17, 15) is 4.79 Å². The highest BCUT2D eigenvalue weighted by Crippen LogP contribution is 2.68. The lowest BCUT2D eigenvalue weighted by Gasteiger charge is -2.61. The van der Waals surface area contributed by atoms with Gasteiger partial charge in [-0.05, 0) is 97.9 Å². The van der Waals surface area contributed by atoms with Gasteiger partial charge in [0.2, 0.25) is 0 Å². The van der Waals surface area contributed by atoms with Gasteiger partial charge in [0.15, 0.2) is 5.78 Å². The lowest BCUT2D eigenvalue weighted by molar-refractivity contribution is -0.154. The van der Waals surface area contributed by atoms with E-state index in [-0.39, 0.29) is 11.3 Å². The third-order valence-electron chi connectivity index (χ3n) is 11.2. The standard InChI is InChI=1S/C29H41N3O2/c1-19-8-12-29(18-34-3)21(14-19)4-5-22-23-6-7-25(28(23,2)11-9-24(22)29)27(33)17-32-26-16-30-13-10-20(26)15-31-32/h10,13,15-16,19,21-25H,4-9,11-12,14,17-18H2,1-3H3. The summed E-state index contributed by atoms with van der Waals surface area (Å²) < 4.78 is 7.82. The summed E-state index contributed by atoms with van der Waals surface area (Å²) in [6.07, 6.45) is 17.1. The van der Waals surface area contributed by atoms with E-state index in [1.807, 2.05) is 30.3 Å². The number of carbonyl (C=O) groups is 1. The lowest BCUT2D eigenvalue weighted by atomic mass is 9.44. The summed E-state index contributed by atoms with van der Waals surface area (Å²) in [6, 6.07) is 1.97. The van der Waals surface area contributed by atoms with Crippen LogP contribution >= 0.6 is 0 Å². The molecule has 2 aromatic rings. The molecule has 5 nitrogen and oxygen atoms in total. The third kappa shape index (κ3) is 3.32. The molecule has 4 aliphatic rings. The first-order valence-electron chi connectivity index (χ1n) is 13.7. The molecule has 4 aliphatic carbocycles. The Morgan fingerprint density at radius 2 is 2.00 bits per heavy atom. The maximum absolute atomic E-state index is 13.7. The van der Waals surface area contributed by atoms with Crippen molar-refractivity contribution in [2.75, 3.05) is 13.7 Å². The Morgan fingerprint density at radius 3 is 2.85 bits per heavy atom. The van der Waals surface area contributed by atoms with Crippen LogP contribution < -0.4 is 0 Å². The van der Waals surface area contributed by atoms with Gasteiger partial charge < -0.3 is 4.74 Å². The molecule has 0 spiro atoms. The summed E-state index contributed by atoms with van der Waals surface area (Å²) in [5.41, 5.74) is 1.49. The molecule has 8 unspecified atom stereocenters. The smallest absolute Gasteiger partial charge is 0.157 e. The molecule has 2 aromatic heterocycles. The zero-order valence-corrected chi connectivity index (χ0v) is 21.2. The van der Waals surface area contributed by atoms with E-state index in [1.54, 1.807) is 6.20 Å². The normalized spacial score (nSPS) is 41.6. The number of pyridine rings is 1. The summed E-state index contributed by atoms with van der Waals surface area (Å²) >= 11 is 0. The van der Waals surface area contributed by atoms with Gasteiger partial charge in [-0.1, -0.05) is 20.3 Å². The van der Waals surface area contributed by atoms with Crippen molar-refractivity contribution in [3.8, 4) is 0 Å². The van der Waals surface area contributed by atoms with Crippen molar-refractivity contribution in [2.45, 2.75) is 78.2 Å². The average Bonchev–Trinajstić information content (AvgIpc) is 3.40. The van der Waals surface area contributed by atoms with Crippen molar-refractivity contribution in [1.82, 2.24) is 14.8 Å². The van der Waals surface area contributed by atoms with Crippen molar-refractivity contribution in [1.29, 1.82) is 0 Å². The number of rotatable bonds is 5. The van der Waals surface area contributed by atoms with Crippen LogP contribution in [0.5, 0.6) is 0 Å². The Morgan fingerprint density at radius 1 is 1.12 bits per heavy atom. The second-order valence-electron chi connectivity index (χ2n) is 12.6. The van der Waals surface area contributed by atoms with Gasteiger partial charge in [-0.2, -0.15) is 5.10 Å². The highest BCUT2D eigenvalue weighted by atomic mass is 16.5. The SMILES string of the molecule is COCC12CCC(C)CC1CCC1C3CCC(C(=O)Cn4ncc5ccncc54)C3(C)CCC12. The number of fused-ring (bicyclic) bond motifs is 6. The number of hydrogen-bond donors (Lipinski definition) is 0. The molecule has 0 aromatic carbocycles. The van der Waals surface area contributed by atoms with E-state index in [1.165, 1.54) is 51.4 Å². The lowest BCUT2D eigenvalue weighted by Crippen LogP contribution is -2.56. The molecule has 0 amide bonds. The number of nitrogens with zero attached hydrogens (tertiary/aromatic N) is 3. The van der Waals surface area contributed by atoms with Crippen LogP contribution in [0.2, 0.25) is 0 Å². The zero-order chi connectivity index (χ0) is 23.5. The first-order valence-corrected chi connectivity index (χ1v) is 13.7. The number of aromatic nitrogens is 3. The molecule has 34 heavy (non-hydrogen) atoms. The Labute approximate surface area is 204 Å². The summed E-state index contributed by atoms with van der Waals surface area (Å²) in [5.74, 6) is 4.48. The molecule has 2 heterocycles. The second-order valence-corrected chi connectivity index (χ2v) is 12.6. The number of ether oxygens (including phenoxy) is 1. The van der Waals surface area contributed by atoms with E-state index in [0.717, 1.165) is 47.6 Å². The molecular formula is C29H41N3O2. The first kappa shape index (κ1) is 22.7. The van der Waals surface area contributed by atoms with Gasteiger partial charge in [0.05, 0.1) is 24.5 Å². The first-order chi connectivity index (χ1) is 16.5. The summed E-state index contributed by atoms with van der Waals surface area (Å²) in [6.45, 7) is 6.23. The van der Waals surface area contributed by atoms with E-state index in [4.69, 9.17) is 4.74 Å². The van der Waals surface area contributed by atoms with Crippen molar-refractivity contribution in [2.24, 2.45) is 46.3 Å². The largest absolute Gasteiger partial charge is 0.384 e. The number of hydrogen-bond acceptors (Lipinski definition) is 4. The molecule has 184 valence electrons. The molecule has 0 radical (unpaired) electrons. The van der Waals surface area contributed by atoms with Crippen LogP contribution in [-0.2, 0) is 16.1 Å². The van der Waals surface area contributed by atoms with E-state index < -0.39 is 0 Å². The van der Waals surface area contributed by atoms with Gasteiger partial charge in [-0.15, -0.1) is 0 Å². The summed E-state index contributed by atoms with van der Waals surface area (Å²) in [7, 11) is 1.92. The van der Waals surface area contributed by atoms with Gasteiger partial charge in [0, 0.05) is 24.6 Å². The van der Waals surface area contributed by atoms with Crippen molar-refractivity contribution < 1.29 is 9.53 Å². The maximum Gasteiger partial charge on any atom is 0.157 e. The number of methoxy groups -OCH3 is 1. The molecule has 0 bridgehead atoms. The monoisotopic (exact) mass is 463 g/mol. The fraction of sp³-hybridized carbons (Fsp3) is 0.759. The third-order valence-corrected chi connectivity index (χ3v) is 11.2. The van der Waals surface area contributed by atoms with Gasteiger partial charge >= 0.3 is 0 Å². The van der Waals surface area contributed by atoms with Gasteiger partial charge in [0.1, 0.15) is 6.54 Å². The van der Waals surface area contributed by atoms with Crippen molar-refractivity contribution in [3.63, 3.8) is 0 Å². The fourth-order valence-corrected chi connectivity index (χ4v) is 9.64. The van der Waals surface area contributed by atoms with Crippen molar-refractivity contribution in [3.05, 3.63) is 24.7 Å². The average molecular weight is 464 g/mol. The van der Waals surface area contributed by atoms with Crippen LogP contribution in [0, 0.1) is 46.3 Å². The molecule has 0 N–H and O–H groups in total. The van der Waals surface area contributed by atoms with Crippen LogP contribution in [0.4, 0.5) is 0 Å². The van der Waals surface area contributed by atoms with Crippen LogP contribution in [0.1, 0.15) is 71.6 Å². The van der Waals surface area contributed by atoms with Gasteiger partial charge in [-0.25, -0.2) is 0 Å². The second kappa shape index (κ2) is 8.43. The van der Waals surface area contributed by atoms with E-state index in [2.05, 4.69) is 23.9 Å². The topological polar surface area (TPSA) is 57.0 Å². The minimum atomic E-state index is 0.141. The Bertz CT molecular complexity index is 1060. The molecule has 0 saturated heterocycles. The van der Waals surface area contributed by atoms with Crippen LogP contribution in [0.25, 0.3) is 10.9 Å². The molecule has 4 fully saturated rings. The minimum Gasteiger partial charge on any atom is -0.384 e. The number of ketones is 1. The molecule has 5 heteroatoms. The Kier molecular flexibility index (Phi) is 5.63. The van der Waals surface area contributed by atoms with Gasteiger partial charge in [0.25, 0.3) is 0 Å².